The lowest BCUT2D eigenvalue weighted by atomic mass is 10.0. The molecule has 1 aliphatic heterocycles. The number of benzene rings is 2. The number of nitrogens with one attached hydrogen (secondary N) is 2. The number of carbonyl (C=O) groups is 1. The van der Waals surface area contributed by atoms with Gasteiger partial charge in [-0.3, -0.25) is 9.59 Å². The zero-order valence-corrected chi connectivity index (χ0v) is 15.3. The summed E-state index contributed by atoms with van der Waals surface area (Å²) in [6.07, 6.45) is 1.30. The number of halogens is 1. The molecule has 1 aromatic heterocycles. The van der Waals surface area contributed by atoms with E-state index in [4.69, 9.17) is 0 Å². The summed E-state index contributed by atoms with van der Waals surface area (Å²) in [7, 11) is 0. The molecule has 138 valence electrons. The van der Waals surface area contributed by atoms with Gasteiger partial charge in [-0.1, -0.05) is 24.3 Å². The monoisotopic (exact) mass is 383 g/mol. The number of aromatic nitrogens is 2. The molecule has 3 aromatic rings. The highest BCUT2D eigenvalue weighted by molar-refractivity contribution is 7.99. The lowest BCUT2D eigenvalue weighted by Crippen LogP contribution is -2.31. The highest BCUT2D eigenvalue weighted by Crippen LogP contribution is 2.37. The van der Waals surface area contributed by atoms with Crippen molar-refractivity contribution in [2.24, 2.45) is 0 Å². The van der Waals surface area contributed by atoms with Crippen LogP contribution >= 0.6 is 11.8 Å². The van der Waals surface area contributed by atoms with Gasteiger partial charge in [-0.05, 0) is 30.2 Å². The Kier molecular flexibility index (Phi) is 4.94. The fraction of sp³-hybridized carbons (Fsp3) is 0.250. The average molecular weight is 383 g/mol. The van der Waals surface area contributed by atoms with Crippen LogP contribution in [-0.4, -0.2) is 21.6 Å². The Morgan fingerprint density at radius 3 is 3.00 bits per heavy atom. The van der Waals surface area contributed by atoms with Crippen LogP contribution in [0.3, 0.4) is 0 Å². The molecule has 27 heavy (non-hydrogen) atoms. The molecule has 2 aromatic carbocycles. The van der Waals surface area contributed by atoms with Crippen LogP contribution in [0.2, 0.25) is 0 Å². The number of aryl methyl sites for hydroxylation is 1. The standard InChI is InChI=1S/C20H18FN3O2S/c21-14-6-3-5-12-16(10-11-27-19(12)14)23-18(25)9-8-17-22-15-7-2-1-4-13(15)20(26)24-17/h1-7,16H,8-11H2,(H,23,25)(H,22,24,26)/t16-/m0/s1. The Hall–Kier alpha value is -2.67. The Morgan fingerprint density at radius 1 is 1.26 bits per heavy atom. The zero-order valence-electron chi connectivity index (χ0n) is 14.5. The predicted octanol–water partition coefficient (Wildman–Crippen LogP) is 3.35. The van der Waals surface area contributed by atoms with Gasteiger partial charge in [-0.25, -0.2) is 9.37 Å². The Balaban J connectivity index is 1.44. The first-order valence-corrected chi connectivity index (χ1v) is 9.79. The number of H-pyrrole nitrogens is 1. The van der Waals surface area contributed by atoms with Crippen molar-refractivity contribution in [2.45, 2.75) is 30.2 Å². The second-order valence-electron chi connectivity index (χ2n) is 6.45. The van der Waals surface area contributed by atoms with Crippen LogP contribution in [0.5, 0.6) is 0 Å². The lowest BCUT2D eigenvalue weighted by Gasteiger charge is -2.26. The van der Waals surface area contributed by atoms with Crippen LogP contribution in [0.15, 0.2) is 52.2 Å². The largest absolute Gasteiger partial charge is 0.349 e. The highest BCUT2D eigenvalue weighted by Gasteiger charge is 2.24. The summed E-state index contributed by atoms with van der Waals surface area (Å²) in [6, 6.07) is 11.9. The summed E-state index contributed by atoms with van der Waals surface area (Å²) in [5.41, 5.74) is 1.24. The molecule has 4 rings (SSSR count). The number of hydrogen-bond donors (Lipinski definition) is 2. The molecule has 0 fully saturated rings. The first-order valence-electron chi connectivity index (χ1n) is 8.80. The summed E-state index contributed by atoms with van der Waals surface area (Å²) in [4.78, 5) is 32.3. The van der Waals surface area contributed by atoms with Gasteiger partial charge in [0, 0.05) is 23.5 Å². The molecule has 0 bridgehead atoms. The number of thioether (sulfide) groups is 1. The van der Waals surface area contributed by atoms with Crippen molar-refractivity contribution in [1.29, 1.82) is 0 Å². The summed E-state index contributed by atoms with van der Waals surface area (Å²) in [6.45, 7) is 0. The molecule has 0 spiro atoms. The molecule has 5 nitrogen and oxygen atoms in total. The summed E-state index contributed by atoms with van der Waals surface area (Å²) in [5, 5.41) is 3.52. The molecule has 0 saturated carbocycles. The van der Waals surface area contributed by atoms with Gasteiger partial charge >= 0.3 is 0 Å². The number of fused-ring (bicyclic) bond motifs is 2. The maximum atomic E-state index is 13.9. The van der Waals surface area contributed by atoms with Crippen LogP contribution < -0.4 is 10.9 Å². The SMILES string of the molecule is O=C(CCc1nc2ccccc2c(=O)[nH]1)N[C@H]1CCSc2c(F)cccc21. The Bertz CT molecular complexity index is 1070. The molecule has 1 amide bonds. The van der Waals surface area contributed by atoms with Crippen LogP contribution in [0.4, 0.5) is 4.39 Å². The van der Waals surface area contributed by atoms with Crippen molar-refractivity contribution in [3.8, 4) is 0 Å². The Morgan fingerprint density at radius 2 is 2.11 bits per heavy atom. The van der Waals surface area contributed by atoms with Crippen molar-refractivity contribution in [3.05, 3.63) is 70.0 Å². The molecular formula is C20H18FN3O2S. The number of hydrogen-bond acceptors (Lipinski definition) is 4. The minimum Gasteiger partial charge on any atom is -0.349 e. The van der Waals surface area contributed by atoms with Crippen LogP contribution in [0.25, 0.3) is 10.9 Å². The molecule has 0 unspecified atom stereocenters. The van der Waals surface area contributed by atoms with E-state index in [0.29, 0.717) is 28.0 Å². The van der Waals surface area contributed by atoms with Crippen molar-refractivity contribution in [3.63, 3.8) is 0 Å². The molecule has 0 saturated heterocycles. The minimum absolute atomic E-state index is 0.141. The molecule has 0 radical (unpaired) electrons. The summed E-state index contributed by atoms with van der Waals surface area (Å²) in [5.74, 6) is 0.866. The van der Waals surface area contributed by atoms with E-state index < -0.39 is 0 Å². The van der Waals surface area contributed by atoms with E-state index in [2.05, 4.69) is 15.3 Å². The van der Waals surface area contributed by atoms with Crippen LogP contribution in [0.1, 0.15) is 30.3 Å². The number of rotatable bonds is 4. The summed E-state index contributed by atoms with van der Waals surface area (Å²) >= 11 is 1.48. The van der Waals surface area contributed by atoms with Crippen molar-refractivity contribution in [2.75, 3.05) is 5.75 Å². The number of aromatic amines is 1. The van der Waals surface area contributed by atoms with Gasteiger partial charge < -0.3 is 10.3 Å². The third-order valence-corrected chi connectivity index (χ3v) is 5.77. The molecule has 2 N–H and O–H groups in total. The smallest absolute Gasteiger partial charge is 0.258 e. The molecule has 1 atom stereocenters. The van der Waals surface area contributed by atoms with Crippen LogP contribution in [-0.2, 0) is 11.2 Å². The van der Waals surface area contributed by atoms with E-state index in [1.807, 2.05) is 12.1 Å². The van der Waals surface area contributed by atoms with E-state index in [9.17, 15) is 14.0 Å². The zero-order chi connectivity index (χ0) is 18.8. The van der Waals surface area contributed by atoms with E-state index in [1.54, 1.807) is 24.3 Å². The van der Waals surface area contributed by atoms with Gasteiger partial charge in [0.25, 0.3) is 5.56 Å². The molecule has 0 aliphatic carbocycles. The van der Waals surface area contributed by atoms with Crippen molar-refractivity contribution < 1.29 is 9.18 Å². The maximum absolute atomic E-state index is 13.9. The minimum atomic E-state index is -0.241. The molecule has 7 heteroatoms. The lowest BCUT2D eigenvalue weighted by molar-refractivity contribution is -0.121. The van der Waals surface area contributed by atoms with E-state index >= 15 is 0 Å². The second kappa shape index (κ2) is 7.52. The first-order chi connectivity index (χ1) is 13.1. The van der Waals surface area contributed by atoms with Gasteiger partial charge in [-0.15, -0.1) is 11.8 Å². The molecule has 2 heterocycles. The fourth-order valence-corrected chi connectivity index (χ4v) is 4.43. The third kappa shape index (κ3) is 3.73. The normalized spacial score (nSPS) is 16.1. The highest BCUT2D eigenvalue weighted by atomic mass is 32.2. The van der Waals surface area contributed by atoms with Gasteiger partial charge in [0.1, 0.15) is 11.6 Å². The van der Waals surface area contributed by atoms with Gasteiger partial charge in [0.15, 0.2) is 0 Å². The molecular weight excluding hydrogens is 365 g/mol. The van der Waals surface area contributed by atoms with E-state index in [1.165, 1.54) is 17.8 Å². The first kappa shape index (κ1) is 17.7. The van der Waals surface area contributed by atoms with Gasteiger partial charge in [-0.2, -0.15) is 0 Å². The van der Waals surface area contributed by atoms with Crippen molar-refractivity contribution >= 4 is 28.6 Å². The topological polar surface area (TPSA) is 74.8 Å². The summed E-state index contributed by atoms with van der Waals surface area (Å²) < 4.78 is 13.9. The number of carbonyl (C=O) groups excluding carboxylic acids is 1. The second-order valence-corrected chi connectivity index (χ2v) is 7.55. The van der Waals surface area contributed by atoms with Gasteiger partial charge in [0.05, 0.1) is 16.9 Å². The maximum Gasteiger partial charge on any atom is 0.258 e. The third-order valence-electron chi connectivity index (χ3n) is 4.61. The van der Waals surface area contributed by atoms with Crippen LogP contribution in [0, 0.1) is 5.82 Å². The molecule has 1 aliphatic rings. The Labute approximate surface area is 159 Å². The van der Waals surface area contributed by atoms with E-state index in [0.717, 1.165) is 17.7 Å². The van der Waals surface area contributed by atoms with Crippen molar-refractivity contribution in [1.82, 2.24) is 15.3 Å². The number of amides is 1. The number of para-hydroxylation sites is 1. The average Bonchev–Trinajstić information content (AvgIpc) is 2.67. The fourth-order valence-electron chi connectivity index (χ4n) is 3.29. The number of nitrogens with zero attached hydrogens (tertiary/aromatic N) is 1. The predicted molar refractivity (Wildman–Crippen MR) is 103 cm³/mol. The quantitative estimate of drug-likeness (QED) is 0.725. The van der Waals surface area contributed by atoms with Gasteiger partial charge in [0.2, 0.25) is 5.91 Å². The van der Waals surface area contributed by atoms with E-state index in [-0.39, 0.29) is 29.7 Å².